The molecule has 1 amide bonds. The van der Waals surface area contributed by atoms with Crippen LogP contribution in [-0.4, -0.2) is 28.0 Å². The minimum atomic E-state index is -1.06. The minimum absolute atomic E-state index is 0.0406. The maximum Gasteiger partial charge on any atom is 0.326 e. The maximum absolute atomic E-state index is 12.3. The van der Waals surface area contributed by atoms with Crippen molar-refractivity contribution in [2.24, 2.45) is 5.92 Å². The molecule has 0 aliphatic heterocycles. The summed E-state index contributed by atoms with van der Waals surface area (Å²) in [5.74, 6) is -1.10. The number of hydrogen-bond acceptors (Lipinski definition) is 4. The van der Waals surface area contributed by atoms with E-state index in [0.717, 1.165) is 5.56 Å². The van der Waals surface area contributed by atoms with Crippen molar-refractivity contribution >= 4 is 11.9 Å². The fraction of sp³-hybridized carbons (Fsp3) is 0.353. The number of carboxylic acids is 1. The molecule has 1 heterocycles. The molecule has 2 N–H and O–H groups in total. The predicted octanol–water partition coefficient (Wildman–Crippen LogP) is 2.88. The van der Waals surface area contributed by atoms with Crippen molar-refractivity contribution in [3.63, 3.8) is 0 Å². The molecule has 0 fully saturated rings. The number of carbonyl (C=O) groups excluding carboxylic acids is 1. The molecule has 0 aliphatic rings. The van der Waals surface area contributed by atoms with Crippen molar-refractivity contribution in [3.05, 3.63) is 41.8 Å². The van der Waals surface area contributed by atoms with Gasteiger partial charge >= 0.3 is 5.97 Å². The summed E-state index contributed by atoms with van der Waals surface area (Å²) >= 11 is 0. The molecule has 0 saturated carbocycles. The van der Waals surface area contributed by atoms with Gasteiger partial charge in [0.1, 0.15) is 6.04 Å². The predicted molar refractivity (Wildman–Crippen MR) is 85.0 cm³/mol. The first-order chi connectivity index (χ1) is 10.9. The smallest absolute Gasteiger partial charge is 0.326 e. The van der Waals surface area contributed by atoms with E-state index in [-0.39, 0.29) is 11.7 Å². The first-order valence-corrected chi connectivity index (χ1v) is 7.45. The second-order valence-electron chi connectivity index (χ2n) is 5.79. The van der Waals surface area contributed by atoms with Gasteiger partial charge in [-0.25, -0.2) is 9.78 Å². The monoisotopic (exact) mass is 316 g/mol. The first kappa shape index (κ1) is 16.7. The normalized spacial score (nSPS) is 12.2. The quantitative estimate of drug-likeness (QED) is 0.855. The highest BCUT2D eigenvalue weighted by molar-refractivity contribution is 5.95. The van der Waals surface area contributed by atoms with Gasteiger partial charge in [0, 0.05) is 5.56 Å². The number of rotatable bonds is 6. The van der Waals surface area contributed by atoms with Crippen LogP contribution in [0.5, 0.6) is 0 Å². The number of amides is 1. The Hall–Kier alpha value is -2.63. The number of carboxylic acid groups (broad SMARTS) is 1. The Morgan fingerprint density at radius 3 is 2.48 bits per heavy atom. The number of nitrogens with one attached hydrogen (secondary N) is 1. The highest BCUT2D eigenvalue weighted by Gasteiger charge is 2.25. The van der Waals surface area contributed by atoms with Gasteiger partial charge in [0.05, 0.1) is 5.69 Å². The van der Waals surface area contributed by atoms with Gasteiger partial charge in [-0.2, -0.15) is 0 Å². The van der Waals surface area contributed by atoms with Gasteiger partial charge in [-0.15, -0.1) is 0 Å². The largest absolute Gasteiger partial charge is 0.480 e. The Kier molecular flexibility index (Phi) is 5.16. The Morgan fingerprint density at radius 2 is 1.91 bits per heavy atom. The summed E-state index contributed by atoms with van der Waals surface area (Å²) in [6, 6.07) is 8.26. The van der Waals surface area contributed by atoms with Crippen molar-refractivity contribution < 1.29 is 19.1 Å². The molecule has 0 spiro atoms. The highest BCUT2D eigenvalue weighted by Crippen LogP contribution is 2.21. The standard InChI is InChI=1S/C17H20N2O4/c1-10(2)9-13(17(21)22)19-15(20)14-11(3)18-16(23-14)12-7-5-4-6-8-12/h4-8,10,13H,9H2,1-3H3,(H,19,20)(H,21,22)/t13-/m0/s1. The van der Waals surface area contributed by atoms with E-state index in [9.17, 15) is 14.7 Å². The molecular weight excluding hydrogens is 296 g/mol. The number of aromatic nitrogens is 1. The SMILES string of the molecule is Cc1nc(-c2ccccc2)oc1C(=O)N[C@@H](CC(C)C)C(=O)O. The first-order valence-electron chi connectivity index (χ1n) is 7.45. The molecular formula is C17H20N2O4. The molecule has 0 aliphatic carbocycles. The van der Waals surface area contributed by atoms with Crippen molar-refractivity contribution in [3.8, 4) is 11.5 Å². The molecule has 6 heteroatoms. The summed E-state index contributed by atoms with van der Waals surface area (Å²) in [7, 11) is 0. The molecule has 23 heavy (non-hydrogen) atoms. The number of oxazole rings is 1. The van der Waals surface area contributed by atoms with E-state index >= 15 is 0 Å². The fourth-order valence-corrected chi connectivity index (χ4v) is 2.23. The van der Waals surface area contributed by atoms with Crippen molar-refractivity contribution in [1.29, 1.82) is 0 Å². The fourth-order valence-electron chi connectivity index (χ4n) is 2.23. The van der Waals surface area contributed by atoms with Crippen LogP contribution < -0.4 is 5.32 Å². The summed E-state index contributed by atoms with van der Waals surface area (Å²) < 4.78 is 5.53. The lowest BCUT2D eigenvalue weighted by atomic mass is 10.0. The van der Waals surface area contributed by atoms with Gasteiger partial charge in [-0.3, -0.25) is 4.79 Å². The maximum atomic E-state index is 12.3. The van der Waals surface area contributed by atoms with E-state index < -0.39 is 17.9 Å². The van der Waals surface area contributed by atoms with E-state index in [2.05, 4.69) is 10.3 Å². The van der Waals surface area contributed by atoms with Crippen LogP contribution in [0, 0.1) is 12.8 Å². The molecule has 1 atom stereocenters. The van der Waals surface area contributed by atoms with Gasteiger partial charge in [-0.05, 0) is 31.4 Å². The average molecular weight is 316 g/mol. The zero-order valence-electron chi connectivity index (χ0n) is 13.4. The van der Waals surface area contributed by atoms with Crippen molar-refractivity contribution in [2.45, 2.75) is 33.2 Å². The number of benzene rings is 1. The summed E-state index contributed by atoms with van der Waals surface area (Å²) in [5.41, 5.74) is 1.18. The zero-order valence-corrected chi connectivity index (χ0v) is 13.4. The van der Waals surface area contributed by atoms with E-state index in [1.807, 2.05) is 44.2 Å². The van der Waals surface area contributed by atoms with E-state index in [0.29, 0.717) is 18.0 Å². The van der Waals surface area contributed by atoms with Crippen LogP contribution in [0.1, 0.15) is 36.5 Å². The van der Waals surface area contributed by atoms with Gasteiger partial charge in [0.15, 0.2) is 0 Å². The number of carbonyl (C=O) groups is 2. The zero-order chi connectivity index (χ0) is 17.0. The average Bonchev–Trinajstić information content (AvgIpc) is 2.89. The molecule has 0 radical (unpaired) electrons. The number of aliphatic carboxylic acids is 1. The number of aryl methyl sites for hydroxylation is 1. The molecule has 2 aromatic rings. The number of nitrogens with zero attached hydrogens (tertiary/aromatic N) is 1. The molecule has 1 aromatic carbocycles. The van der Waals surface area contributed by atoms with E-state index in [1.165, 1.54) is 0 Å². The van der Waals surface area contributed by atoms with Crippen LogP contribution >= 0.6 is 0 Å². The third kappa shape index (κ3) is 4.18. The highest BCUT2D eigenvalue weighted by atomic mass is 16.4. The lowest BCUT2D eigenvalue weighted by Gasteiger charge is -2.15. The Labute approximate surface area is 134 Å². The molecule has 2 rings (SSSR count). The van der Waals surface area contributed by atoms with Crippen LogP contribution in [0.25, 0.3) is 11.5 Å². The Balaban J connectivity index is 2.19. The summed E-state index contributed by atoms with van der Waals surface area (Å²) in [5, 5.41) is 11.7. The molecule has 122 valence electrons. The molecule has 0 saturated heterocycles. The lowest BCUT2D eigenvalue weighted by molar-refractivity contribution is -0.139. The molecule has 1 aromatic heterocycles. The van der Waals surface area contributed by atoms with E-state index in [1.54, 1.807) is 6.92 Å². The van der Waals surface area contributed by atoms with Crippen LogP contribution in [-0.2, 0) is 4.79 Å². The summed E-state index contributed by atoms with van der Waals surface area (Å²) in [6.45, 7) is 5.45. The molecule has 6 nitrogen and oxygen atoms in total. The van der Waals surface area contributed by atoms with E-state index in [4.69, 9.17) is 4.42 Å². The Morgan fingerprint density at radius 1 is 1.26 bits per heavy atom. The topological polar surface area (TPSA) is 92.4 Å². The van der Waals surface area contributed by atoms with Crippen molar-refractivity contribution in [2.75, 3.05) is 0 Å². The van der Waals surface area contributed by atoms with Gasteiger partial charge < -0.3 is 14.8 Å². The third-order valence-corrected chi connectivity index (χ3v) is 3.33. The number of hydrogen-bond donors (Lipinski definition) is 2. The second-order valence-corrected chi connectivity index (χ2v) is 5.79. The summed E-state index contributed by atoms with van der Waals surface area (Å²) in [4.78, 5) is 27.8. The minimum Gasteiger partial charge on any atom is -0.480 e. The van der Waals surface area contributed by atoms with Gasteiger partial charge in [-0.1, -0.05) is 32.0 Å². The Bertz CT molecular complexity index is 692. The van der Waals surface area contributed by atoms with Crippen LogP contribution in [0.2, 0.25) is 0 Å². The van der Waals surface area contributed by atoms with Gasteiger partial charge in [0.2, 0.25) is 11.7 Å². The van der Waals surface area contributed by atoms with Crippen LogP contribution in [0.15, 0.2) is 34.7 Å². The van der Waals surface area contributed by atoms with Crippen molar-refractivity contribution in [1.82, 2.24) is 10.3 Å². The third-order valence-electron chi connectivity index (χ3n) is 3.33. The molecule has 0 bridgehead atoms. The van der Waals surface area contributed by atoms with Gasteiger partial charge in [0.25, 0.3) is 5.91 Å². The molecule has 0 unspecified atom stereocenters. The van der Waals surface area contributed by atoms with Crippen LogP contribution in [0.4, 0.5) is 0 Å². The summed E-state index contributed by atoms with van der Waals surface area (Å²) in [6.07, 6.45) is 0.347. The lowest BCUT2D eigenvalue weighted by Crippen LogP contribution is -2.41. The van der Waals surface area contributed by atoms with Crippen LogP contribution in [0.3, 0.4) is 0 Å². The second kappa shape index (κ2) is 7.09.